The number of benzene rings is 3. The Morgan fingerprint density at radius 3 is 2.46 bits per heavy atom. The van der Waals surface area contributed by atoms with Crippen molar-refractivity contribution in [1.82, 2.24) is 9.88 Å². The van der Waals surface area contributed by atoms with E-state index in [9.17, 15) is 14.7 Å². The van der Waals surface area contributed by atoms with Crippen LogP contribution in [0.5, 0.6) is 5.75 Å². The van der Waals surface area contributed by atoms with Crippen LogP contribution in [0.2, 0.25) is 0 Å². The third-order valence-corrected chi connectivity index (χ3v) is 8.23. The second-order valence-electron chi connectivity index (χ2n) is 11.4. The molecule has 0 aliphatic carbocycles. The molecule has 3 aromatic carbocycles. The van der Waals surface area contributed by atoms with Crippen molar-refractivity contribution in [3.05, 3.63) is 99.7 Å². The van der Waals surface area contributed by atoms with Crippen molar-refractivity contribution in [1.29, 1.82) is 0 Å². The van der Waals surface area contributed by atoms with Crippen LogP contribution in [0.25, 0.3) is 10.9 Å². The number of nitrogens with one attached hydrogen (secondary N) is 1. The number of amides is 1. The summed E-state index contributed by atoms with van der Waals surface area (Å²) in [6, 6.07) is 19.6. The summed E-state index contributed by atoms with van der Waals surface area (Å²) in [5, 5.41) is 13.8. The van der Waals surface area contributed by atoms with Gasteiger partial charge in [-0.25, -0.2) is 0 Å². The van der Waals surface area contributed by atoms with Gasteiger partial charge in [0.15, 0.2) is 0 Å². The first-order chi connectivity index (χ1) is 18.5. The lowest BCUT2D eigenvalue weighted by Crippen LogP contribution is -2.29. The van der Waals surface area contributed by atoms with E-state index in [-0.39, 0.29) is 11.9 Å². The summed E-state index contributed by atoms with van der Waals surface area (Å²) >= 11 is 0. The van der Waals surface area contributed by atoms with Gasteiger partial charge in [0.25, 0.3) is 5.91 Å². The molecule has 1 atom stereocenters. The van der Waals surface area contributed by atoms with Crippen LogP contribution < -0.4 is 10.1 Å². The van der Waals surface area contributed by atoms with Crippen LogP contribution >= 0.6 is 0 Å². The number of carboxylic acids is 1. The topological polar surface area (TPSA) is 80.6 Å². The van der Waals surface area contributed by atoms with Crippen molar-refractivity contribution in [3.63, 3.8) is 0 Å². The molecular formula is C33H36N2O4. The number of carbonyl (C=O) groups excluding carboxylic acids is 1. The molecule has 0 saturated heterocycles. The number of aryl methyl sites for hydroxylation is 1. The molecule has 2 heterocycles. The summed E-state index contributed by atoms with van der Waals surface area (Å²) in [6.07, 6.45) is 0. The highest BCUT2D eigenvalue weighted by Gasteiger charge is 2.30. The molecule has 0 bridgehead atoms. The molecule has 0 spiro atoms. The standard InChI is InChI=1S/C33H36N2O4/c1-19(2)25-8-7-9-26-28(18-39-30(25)26)34-31(36)23-12-15-29-27(16-23)20(3)21(4)35(29)17-22-10-13-24(14-11-22)33(5,6)32(37)38/h7-16,19,28H,17-18H2,1-6H3,(H,34,36)(H,37,38). The summed E-state index contributed by atoms with van der Waals surface area (Å²) in [4.78, 5) is 24.9. The van der Waals surface area contributed by atoms with E-state index in [1.165, 1.54) is 5.56 Å². The van der Waals surface area contributed by atoms with Crippen LogP contribution in [0.1, 0.15) is 83.5 Å². The second kappa shape index (κ2) is 9.92. The van der Waals surface area contributed by atoms with E-state index in [0.717, 1.165) is 44.6 Å². The average Bonchev–Trinajstić information content (AvgIpc) is 3.42. The zero-order valence-corrected chi connectivity index (χ0v) is 23.5. The van der Waals surface area contributed by atoms with Crippen LogP contribution in [0.15, 0.2) is 60.7 Å². The number of ether oxygens (including phenoxy) is 1. The Hall–Kier alpha value is -4.06. The SMILES string of the molecule is Cc1c(C)n(Cc2ccc(C(C)(C)C(=O)O)cc2)c2ccc(C(=O)NC3COc4c(C(C)C)cccc43)cc12. The van der Waals surface area contributed by atoms with Gasteiger partial charge >= 0.3 is 5.97 Å². The highest BCUT2D eigenvalue weighted by Crippen LogP contribution is 2.39. The van der Waals surface area contributed by atoms with Gasteiger partial charge in [0.05, 0.1) is 11.5 Å². The van der Waals surface area contributed by atoms with Gasteiger partial charge in [-0.15, -0.1) is 0 Å². The summed E-state index contributed by atoms with van der Waals surface area (Å²) in [6.45, 7) is 13.0. The highest BCUT2D eigenvalue weighted by molar-refractivity contribution is 5.99. The molecule has 1 aromatic heterocycles. The van der Waals surface area contributed by atoms with Gasteiger partial charge in [0.1, 0.15) is 12.4 Å². The Morgan fingerprint density at radius 1 is 1.08 bits per heavy atom. The zero-order valence-electron chi connectivity index (χ0n) is 23.5. The molecule has 6 heteroatoms. The molecule has 1 aliphatic heterocycles. The molecule has 2 N–H and O–H groups in total. The maximum absolute atomic E-state index is 13.3. The van der Waals surface area contributed by atoms with Crippen LogP contribution in [-0.4, -0.2) is 28.2 Å². The summed E-state index contributed by atoms with van der Waals surface area (Å²) in [5.41, 5.74) is 7.08. The van der Waals surface area contributed by atoms with Crippen molar-refractivity contribution in [2.45, 2.75) is 65.5 Å². The van der Waals surface area contributed by atoms with Crippen molar-refractivity contribution < 1.29 is 19.4 Å². The fourth-order valence-corrected chi connectivity index (χ4v) is 5.41. The molecule has 202 valence electrons. The molecule has 1 unspecified atom stereocenters. The fraction of sp³-hybridized carbons (Fsp3) is 0.333. The minimum absolute atomic E-state index is 0.116. The van der Waals surface area contributed by atoms with Crippen molar-refractivity contribution >= 4 is 22.8 Å². The first kappa shape index (κ1) is 26.5. The van der Waals surface area contributed by atoms with Gasteiger partial charge in [-0.3, -0.25) is 9.59 Å². The predicted molar refractivity (Wildman–Crippen MR) is 154 cm³/mol. The Kier molecular flexibility index (Phi) is 6.75. The molecule has 0 fully saturated rings. The quantitative estimate of drug-likeness (QED) is 0.283. The number of hydrogen-bond acceptors (Lipinski definition) is 3. The molecule has 39 heavy (non-hydrogen) atoms. The maximum Gasteiger partial charge on any atom is 0.313 e. The van der Waals surface area contributed by atoms with E-state index in [1.54, 1.807) is 13.8 Å². The number of carboxylic acid groups (broad SMARTS) is 1. The maximum atomic E-state index is 13.3. The zero-order chi connectivity index (χ0) is 28.1. The Labute approximate surface area is 229 Å². The lowest BCUT2D eigenvalue weighted by molar-refractivity contribution is -0.142. The molecule has 0 saturated carbocycles. The Bertz CT molecular complexity index is 1580. The number of hydrogen-bond donors (Lipinski definition) is 2. The number of rotatable bonds is 7. The first-order valence-electron chi connectivity index (χ1n) is 13.5. The predicted octanol–water partition coefficient (Wildman–Crippen LogP) is 6.66. The molecular weight excluding hydrogens is 488 g/mol. The van der Waals surface area contributed by atoms with Crippen LogP contribution in [0.4, 0.5) is 0 Å². The Balaban J connectivity index is 1.38. The number of nitrogens with zero attached hydrogens (tertiary/aromatic N) is 1. The van der Waals surface area contributed by atoms with Gasteiger partial charge in [-0.2, -0.15) is 0 Å². The number of carbonyl (C=O) groups is 2. The number of aromatic nitrogens is 1. The highest BCUT2D eigenvalue weighted by atomic mass is 16.5. The molecule has 1 amide bonds. The van der Waals surface area contributed by atoms with E-state index in [1.807, 2.05) is 54.6 Å². The minimum atomic E-state index is -0.939. The van der Waals surface area contributed by atoms with Crippen LogP contribution in [0.3, 0.4) is 0 Å². The van der Waals surface area contributed by atoms with Crippen molar-refractivity contribution in [2.24, 2.45) is 0 Å². The fourth-order valence-electron chi connectivity index (χ4n) is 5.41. The Morgan fingerprint density at radius 2 is 1.79 bits per heavy atom. The van der Waals surface area contributed by atoms with E-state index in [0.29, 0.717) is 24.6 Å². The largest absolute Gasteiger partial charge is 0.490 e. The van der Waals surface area contributed by atoms with E-state index in [4.69, 9.17) is 4.74 Å². The smallest absolute Gasteiger partial charge is 0.313 e. The summed E-state index contributed by atoms with van der Waals surface area (Å²) in [7, 11) is 0. The van der Waals surface area contributed by atoms with Gasteiger partial charge in [-0.05, 0) is 74.1 Å². The molecule has 4 aromatic rings. The van der Waals surface area contributed by atoms with E-state index < -0.39 is 11.4 Å². The normalized spacial score (nSPS) is 14.9. The van der Waals surface area contributed by atoms with Crippen molar-refractivity contribution in [2.75, 3.05) is 6.61 Å². The van der Waals surface area contributed by atoms with E-state index >= 15 is 0 Å². The molecule has 5 rings (SSSR count). The number of para-hydroxylation sites is 1. The minimum Gasteiger partial charge on any atom is -0.490 e. The van der Waals surface area contributed by atoms with Crippen molar-refractivity contribution in [3.8, 4) is 5.75 Å². The average molecular weight is 525 g/mol. The monoisotopic (exact) mass is 524 g/mol. The third-order valence-electron chi connectivity index (χ3n) is 8.23. The first-order valence-corrected chi connectivity index (χ1v) is 13.5. The lowest BCUT2D eigenvalue weighted by atomic mass is 9.84. The van der Waals surface area contributed by atoms with E-state index in [2.05, 4.69) is 43.6 Å². The third kappa shape index (κ3) is 4.69. The summed E-state index contributed by atoms with van der Waals surface area (Å²) in [5.74, 6) is 0.288. The lowest BCUT2D eigenvalue weighted by Gasteiger charge is -2.20. The number of aliphatic carboxylic acids is 1. The van der Waals surface area contributed by atoms with Crippen LogP contribution in [-0.2, 0) is 16.8 Å². The molecule has 1 aliphatic rings. The van der Waals surface area contributed by atoms with Gasteiger partial charge < -0.3 is 19.7 Å². The molecule has 0 radical (unpaired) electrons. The van der Waals surface area contributed by atoms with Gasteiger partial charge in [0, 0.05) is 34.3 Å². The number of fused-ring (bicyclic) bond motifs is 2. The van der Waals surface area contributed by atoms with Gasteiger partial charge in [-0.1, -0.05) is 56.3 Å². The van der Waals surface area contributed by atoms with Gasteiger partial charge in [0.2, 0.25) is 0 Å². The molecule has 6 nitrogen and oxygen atoms in total. The second-order valence-corrected chi connectivity index (χ2v) is 11.4. The summed E-state index contributed by atoms with van der Waals surface area (Å²) < 4.78 is 8.24. The van der Waals surface area contributed by atoms with Crippen LogP contribution in [0, 0.1) is 13.8 Å².